The van der Waals surface area contributed by atoms with E-state index in [1.54, 1.807) is 24.3 Å². The van der Waals surface area contributed by atoms with Gasteiger partial charge in [-0.25, -0.2) is 0 Å². The third kappa shape index (κ3) is 4.24. The van der Waals surface area contributed by atoms with Crippen molar-refractivity contribution in [1.29, 1.82) is 0 Å². The summed E-state index contributed by atoms with van der Waals surface area (Å²) in [4.78, 5) is 0. The van der Waals surface area contributed by atoms with Crippen LogP contribution in [0.3, 0.4) is 0 Å². The molecule has 0 aromatic heterocycles. The van der Waals surface area contributed by atoms with E-state index >= 15 is 0 Å². The molecular weight excluding hydrogens is 337 g/mol. The van der Waals surface area contributed by atoms with Crippen molar-refractivity contribution in [2.75, 3.05) is 0 Å². The van der Waals surface area contributed by atoms with Gasteiger partial charge in [0.2, 0.25) is 0 Å². The lowest BCUT2D eigenvalue weighted by atomic mass is 10.2. The van der Waals surface area contributed by atoms with Gasteiger partial charge in [0.05, 0.1) is 0 Å². The highest BCUT2D eigenvalue weighted by molar-refractivity contribution is 9.11. The fraction of sp³-hybridized carbons (Fsp3) is 0.100. The molecule has 5 heteroatoms. The summed E-state index contributed by atoms with van der Waals surface area (Å²) in [5.74, 6) is 0. The first kappa shape index (κ1) is 12.6. The van der Waals surface area contributed by atoms with Crippen molar-refractivity contribution in [2.45, 2.75) is 6.18 Å². The van der Waals surface area contributed by atoms with Crippen LogP contribution in [0.15, 0.2) is 39.0 Å². The number of hydrogen-bond donors (Lipinski definition) is 0. The Morgan fingerprint density at radius 1 is 1.20 bits per heavy atom. The zero-order valence-electron chi connectivity index (χ0n) is 7.28. The smallest absolute Gasteiger partial charge is 0.165 e. The molecule has 15 heavy (non-hydrogen) atoms. The van der Waals surface area contributed by atoms with E-state index in [-0.39, 0.29) is 0 Å². The van der Waals surface area contributed by atoms with E-state index in [1.165, 1.54) is 6.08 Å². The van der Waals surface area contributed by atoms with E-state index in [0.717, 1.165) is 4.47 Å². The lowest BCUT2D eigenvalue weighted by molar-refractivity contribution is -0.0826. The Morgan fingerprint density at radius 2 is 1.73 bits per heavy atom. The Hall–Kier alpha value is -0.510. The molecule has 0 nitrogen and oxygen atoms in total. The van der Waals surface area contributed by atoms with E-state index in [4.69, 9.17) is 0 Å². The van der Waals surface area contributed by atoms with Gasteiger partial charge in [0.15, 0.2) is 0 Å². The molecule has 0 atom stereocenters. The summed E-state index contributed by atoms with van der Waals surface area (Å²) in [5, 5.41) is 0. The van der Waals surface area contributed by atoms with Gasteiger partial charge in [-0.05, 0) is 39.7 Å². The number of hydrogen-bond acceptors (Lipinski definition) is 0. The molecule has 0 spiro atoms. The summed E-state index contributed by atoms with van der Waals surface area (Å²) in [6, 6.07) is 6.87. The standard InChI is InChI=1S/C10H5Br2F3/c11-8-4-1-7(2-5-8)3-6-9(12)10(13,14)15/h1-5H. The second kappa shape index (κ2) is 5.01. The molecular formula is C10H5Br2F3. The summed E-state index contributed by atoms with van der Waals surface area (Å²) in [5.41, 5.74) is 2.78. The van der Waals surface area contributed by atoms with Crippen molar-refractivity contribution in [1.82, 2.24) is 0 Å². The summed E-state index contributed by atoms with van der Waals surface area (Å²) >= 11 is 5.64. The van der Waals surface area contributed by atoms with E-state index in [2.05, 4.69) is 37.6 Å². The predicted molar refractivity (Wildman–Crippen MR) is 60.6 cm³/mol. The SMILES string of the molecule is FC(F)(F)C(Br)=C=Cc1ccc(Br)cc1. The van der Waals surface area contributed by atoms with E-state index in [9.17, 15) is 13.2 Å². The van der Waals surface area contributed by atoms with Gasteiger partial charge in [0.25, 0.3) is 0 Å². The molecule has 0 fully saturated rings. The van der Waals surface area contributed by atoms with Crippen molar-refractivity contribution >= 4 is 37.9 Å². The molecule has 0 N–H and O–H groups in total. The highest BCUT2D eigenvalue weighted by Crippen LogP contribution is 2.29. The molecule has 0 saturated carbocycles. The van der Waals surface area contributed by atoms with Gasteiger partial charge in [-0.1, -0.05) is 33.8 Å². The fourth-order valence-corrected chi connectivity index (χ4v) is 1.17. The molecule has 1 aromatic rings. The largest absolute Gasteiger partial charge is 0.430 e. The van der Waals surface area contributed by atoms with Crippen LogP contribution in [0.1, 0.15) is 5.56 Å². The van der Waals surface area contributed by atoms with Crippen molar-refractivity contribution in [3.63, 3.8) is 0 Å². The molecule has 0 heterocycles. The second-order valence-corrected chi connectivity index (χ2v) is 4.36. The Bertz CT molecular complexity index is 398. The first-order chi connectivity index (χ1) is 6.89. The van der Waals surface area contributed by atoms with Crippen LogP contribution in [0.2, 0.25) is 0 Å². The Kier molecular flexibility index (Phi) is 4.20. The van der Waals surface area contributed by atoms with Gasteiger partial charge >= 0.3 is 6.18 Å². The van der Waals surface area contributed by atoms with Crippen molar-refractivity contribution in [2.24, 2.45) is 0 Å². The van der Waals surface area contributed by atoms with Gasteiger partial charge < -0.3 is 0 Å². The molecule has 1 rings (SSSR count). The van der Waals surface area contributed by atoms with Gasteiger partial charge in [-0.2, -0.15) is 13.2 Å². The first-order valence-electron chi connectivity index (χ1n) is 3.84. The Labute approximate surface area is 102 Å². The lowest BCUT2D eigenvalue weighted by Gasteiger charge is -2.00. The topological polar surface area (TPSA) is 0 Å². The molecule has 0 aliphatic heterocycles. The number of rotatable bonds is 1. The third-order valence-corrected chi connectivity index (χ3v) is 2.69. The number of benzene rings is 1. The highest BCUT2D eigenvalue weighted by atomic mass is 79.9. The number of alkyl halides is 3. The lowest BCUT2D eigenvalue weighted by Crippen LogP contribution is -2.05. The van der Waals surface area contributed by atoms with Crippen LogP contribution in [-0.4, -0.2) is 6.18 Å². The minimum absolute atomic E-state index is 0.652. The van der Waals surface area contributed by atoms with Crippen LogP contribution < -0.4 is 0 Å². The number of allylic oxidation sites excluding steroid dienone is 1. The first-order valence-corrected chi connectivity index (χ1v) is 5.43. The van der Waals surface area contributed by atoms with Crippen LogP contribution >= 0.6 is 31.9 Å². The third-order valence-electron chi connectivity index (χ3n) is 1.48. The van der Waals surface area contributed by atoms with Crippen LogP contribution in [0.5, 0.6) is 0 Å². The van der Waals surface area contributed by atoms with Crippen LogP contribution in [0.4, 0.5) is 13.2 Å². The summed E-state index contributed by atoms with van der Waals surface area (Å²) in [7, 11) is 0. The fourth-order valence-electron chi connectivity index (χ4n) is 0.788. The van der Waals surface area contributed by atoms with Crippen LogP contribution in [0.25, 0.3) is 6.08 Å². The van der Waals surface area contributed by atoms with Crippen molar-refractivity contribution in [3.05, 3.63) is 44.5 Å². The molecule has 0 aliphatic carbocycles. The summed E-state index contributed by atoms with van der Waals surface area (Å²) in [6.45, 7) is 0. The van der Waals surface area contributed by atoms with Crippen molar-refractivity contribution in [3.8, 4) is 0 Å². The monoisotopic (exact) mass is 340 g/mol. The molecule has 0 saturated heterocycles. The van der Waals surface area contributed by atoms with Gasteiger partial charge in [-0.15, -0.1) is 0 Å². The zero-order valence-corrected chi connectivity index (χ0v) is 10.4. The highest BCUT2D eigenvalue weighted by Gasteiger charge is 2.31. The Balaban J connectivity index is 2.95. The predicted octanol–water partition coefficient (Wildman–Crippen LogP) is 4.90. The van der Waals surface area contributed by atoms with Gasteiger partial charge in [-0.3, -0.25) is 0 Å². The minimum atomic E-state index is -4.38. The zero-order chi connectivity index (χ0) is 11.5. The van der Waals surface area contributed by atoms with E-state index < -0.39 is 10.7 Å². The van der Waals surface area contributed by atoms with Gasteiger partial charge in [0, 0.05) is 4.47 Å². The quantitative estimate of drug-likeness (QED) is 0.637. The summed E-state index contributed by atoms with van der Waals surface area (Å²) in [6.07, 6.45) is -3.12. The maximum absolute atomic E-state index is 12.0. The minimum Gasteiger partial charge on any atom is -0.165 e. The molecule has 0 bridgehead atoms. The van der Waals surface area contributed by atoms with Crippen molar-refractivity contribution < 1.29 is 13.2 Å². The molecule has 80 valence electrons. The normalized spacial score (nSPS) is 10.7. The average molecular weight is 342 g/mol. The molecule has 0 unspecified atom stereocenters. The van der Waals surface area contributed by atoms with Crippen LogP contribution in [-0.2, 0) is 0 Å². The summed E-state index contributed by atoms with van der Waals surface area (Å²) < 4.78 is 36.1. The Morgan fingerprint density at radius 3 is 2.20 bits per heavy atom. The molecule has 0 amide bonds. The maximum Gasteiger partial charge on any atom is 0.430 e. The number of halogens is 5. The molecule has 1 aromatic carbocycles. The molecule has 0 aliphatic rings. The van der Waals surface area contributed by atoms with E-state index in [0.29, 0.717) is 5.56 Å². The maximum atomic E-state index is 12.0. The average Bonchev–Trinajstić information content (AvgIpc) is 2.15. The molecule has 0 radical (unpaired) electrons. The second-order valence-electron chi connectivity index (χ2n) is 2.65. The van der Waals surface area contributed by atoms with E-state index in [1.807, 2.05) is 0 Å². The van der Waals surface area contributed by atoms with Crippen LogP contribution in [0, 0.1) is 0 Å². The van der Waals surface area contributed by atoms with Gasteiger partial charge in [0.1, 0.15) is 4.48 Å².